The number of carbonyl (C=O) groups excluding carboxylic acids is 1. The first-order valence-corrected chi connectivity index (χ1v) is 9.19. The Bertz CT molecular complexity index is 769. The Hall–Kier alpha value is -1.96. The molecule has 8 heteroatoms. The van der Waals surface area contributed by atoms with E-state index in [1.165, 1.54) is 16.4 Å². The Morgan fingerprint density at radius 1 is 1.36 bits per heavy atom. The van der Waals surface area contributed by atoms with Crippen molar-refractivity contribution >= 4 is 17.7 Å². The van der Waals surface area contributed by atoms with E-state index >= 15 is 0 Å². The third-order valence-electron chi connectivity index (χ3n) is 4.06. The Morgan fingerprint density at radius 3 is 2.72 bits per heavy atom. The van der Waals surface area contributed by atoms with Gasteiger partial charge in [0.05, 0.1) is 12.1 Å². The second-order valence-electron chi connectivity index (χ2n) is 5.91. The number of carbonyl (C=O) groups is 1. The highest BCUT2D eigenvalue weighted by Crippen LogP contribution is 2.42. The molecule has 1 aliphatic rings. The van der Waals surface area contributed by atoms with Crippen molar-refractivity contribution in [2.45, 2.75) is 36.4 Å². The second kappa shape index (κ2) is 7.11. The molecule has 0 spiro atoms. The van der Waals surface area contributed by atoms with Gasteiger partial charge in [-0.15, -0.1) is 11.8 Å². The van der Waals surface area contributed by atoms with Crippen LogP contribution in [-0.4, -0.2) is 28.5 Å². The van der Waals surface area contributed by atoms with Crippen LogP contribution in [0.3, 0.4) is 0 Å². The number of alkyl halides is 3. The van der Waals surface area contributed by atoms with E-state index in [-0.39, 0.29) is 24.9 Å². The molecule has 1 fully saturated rings. The highest BCUT2D eigenvalue weighted by molar-refractivity contribution is 7.98. The molecule has 1 saturated carbocycles. The number of hydrogen-bond acceptors (Lipinski definition) is 3. The molecule has 1 aromatic heterocycles. The number of nitrogens with zero attached hydrogens (tertiary/aromatic N) is 2. The van der Waals surface area contributed by atoms with E-state index < -0.39 is 11.9 Å². The summed E-state index contributed by atoms with van der Waals surface area (Å²) in [7, 11) is 0. The minimum absolute atomic E-state index is 0.150. The summed E-state index contributed by atoms with van der Waals surface area (Å²) in [6.45, 7) is 0.440. The van der Waals surface area contributed by atoms with Gasteiger partial charge in [0.2, 0.25) is 0 Å². The first-order valence-electron chi connectivity index (χ1n) is 7.96. The molecule has 3 rings (SSSR count). The fraction of sp³-hybridized carbons (Fsp3) is 0.412. The van der Waals surface area contributed by atoms with E-state index in [1.54, 1.807) is 12.1 Å². The normalized spacial score (nSPS) is 14.6. The van der Waals surface area contributed by atoms with Crippen LogP contribution in [0.4, 0.5) is 13.2 Å². The summed E-state index contributed by atoms with van der Waals surface area (Å²) in [5, 5.41) is 6.44. The van der Waals surface area contributed by atoms with Gasteiger partial charge in [-0.2, -0.15) is 18.3 Å². The van der Waals surface area contributed by atoms with E-state index in [9.17, 15) is 18.0 Å². The Morgan fingerprint density at radius 2 is 2.08 bits per heavy atom. The molecule has 0 aliphatic heterocycles. The van der Waals surface area contributed by atoms with Crippen LogP contribution in [0, 0.1) is 0 Å². The zero-order valence-corrected chi connectivity index (χ0v) is 14.5. The minimum atomic E-state index is -4.45. The van der Waals surface area contributed by atoms with Crippen molar-refractivity contribution in [3.8, 4) is 0 Å². The number of benzene rings is 1. The van der Waals surface area contributed by atoms with Gasteiger partial charge in [0.25, 0.3) is 5.91 Å². The number of aromatic nitrogens is 2. The number of rotatable bonds is 6. The lowest BCUT2D eigenvalue weighted by Gasteiger charge is -2.10. The number of nitrogens with one attached hydrogen (secondary N) is 1. The van der Waals surface area contributed by atoms with E-state index in [0.717, 1.165) is 23.8 Å². The maximum atomic E-state index is 12.9. The third-order valence-corrected chi connectivity index (χ3v) is 4.85. The van der Waals surface area contributed by atoms with Gasteiger partial charge in [0.15, 0.2) is 5.69 Å². The number of thioether (sulfide) groups is 1. The molecule has 0 unspecified atom stereocenters. The van der Waals surface area contributed by atoms with Crippen LogP contribution in [0.1, 0.15) is 40.5 Å². The van der Waals surface area contributed by atoms with Crippen molar-refractivity contribution < 1.29 is 18.0 Å². The molecule has 0 bridgehead atoms. The smallest absolute Gasteiger partial charge is 0.350 e. The number of amides is 1. The van der Waals surface area contributed by atoms with Crippen molar-refractivity contribution in [2.24, 2.45) is 0 Å². The van der Waals surface area contributed by atoms with E-state index in [1.807, 2.05) is 18.4 Å². The highest BCUT2D eigenvalue weighted by Gasteiger charge is 2.37. The molecule has 1 aromatic carbocycles. The molecule has 2 aromatic rings. The number of halogens is 3. The second-order valence-corrected chi connectivity index (χ2v) is 6.75. The lowest BCUT2D eigenvalue weighted by molar-refractivity contribution is -0.141. The zero-order chi connectivity index (χ0) is 18.0. The fourth-order valence-electron chi connectivity index (χ4n) is 2.66. The van der Waals surface area contributed by atoms with Crippen LogP contribution in [0.15, 0.2) is 35.2 Å². The number of hydrogen-bond donors (Lipinski definition) is 1. The van der Waals surface area contributed by atoms with Gasteiger partial charge < -0.3 is 5.32 Å². The monoisotopic (exact) mass is 369 g/mol. The third kappa shape index (κ3) is 4.18. The summed E-state index contributed by atoms with van der Waals surface area (Å²) in [6, 6.07) is 8.35. The van der Waals surface area contributed by atoms with Crippen LogP contribution in [0.25, 0.3) is 0 Å². The average molecular weight is 369 g/mol. The van der Waals surface area contributed by atoms with Gasteiger partial charge in [0, 0.05) is 23.1 Å². The van der Waals surface area contributed by atoms with Gasteiger partial charge in [-0.1, -0.05) is 12.1 Å². The van der Waals surface area contributed by atoms with Gasteiger partial charge >= 0.3 is 6.18 Å². The summed E-state index contributed by atoms with van der Waals surface area (Å²) in [5.74, 6) is -0.0855. The molecule has 4 nitrogen and oxygen atoms in total. The molecule has 134 valence electrons. The van der Waals surface area contributed by atoms with Crippen LogP contribution >= 0.6 is 11.8 Å². The minimum Gasteiger partial charge on any atom is -0.350 e. The Balaban J connectivity index is 1.66. The lowest BCUT2D eigenvalue weighted by Crippen LogP contribution is -2.28. The van der Waals surface area contributed by atoms with Crippen molar-refractivity contribution in [2.75, 3.05) is 12.8 Å². The Kier molecular flexibility index (Phi) is 5.08. The van der Waals surface area contributed by atoms with Gasteiger partial charge in [-0.3, -0.25) is 9.48 Å². The summed E-state index contributed by atoms with van der Waals surface area (Å²) in [6.07, 6.45) is -0.793. The van der Waals surface area contributed by atoms with E-state index in [0.29, 0.717) is 11.3 Å². The van der Waals surface area contributed by atoms with E-state index in [4.69, 9.17) is 0 Å². The molecular formula is C17H18F3N3OS. The lowest BCUT2D eigenvalue weighted by atomic mass is 10.2. The largest absolute Gasteiger partial charge is 0.435 e. The van der Waals surface area contributed by atoms with Crippen LogP contribution in [-0.2, 0) is 12.7 Å². The predicted molar refractivity (Wildman–Crippen MR) is 89.8 cm³/mol. The van der Waals surface area contributed by atoms with Crippen molar-refractivity contribution in [3.63, 3.8) is 0 Å². The molecule has 1 N–H and O–H groups in total. The average Bonchev–Trinajstić information content (AvgIpc) is 3.33. The molecule has 0 radical (unpaired) electrons. The summed E-state index contributed by atoms with van der Waals surface area (Å²) < 4.78 is 40.0. The predicted octanol–water partition coefficient (Wildman–Crippen LogP) is 3.93. The maximum Gasteiger partial charge on any atom is 0.435 e. The molecule has 1 amide bonds. The van der Waals surface area contributed by atoms with Crippen LogP contribution in [0.5, 0.6) is 0 Å². The summed E-state index contributed by atoms with van der Waals surface area (Å²) in [5.41, 5.74) is 0.299. The van der Waals surface area contributed by atoms with E-state index in [2.05, 4.69) is 10.4 Å². The van der Waals surface area contributed by atoms with Crippen molar-refractivity contribution in [3.05, 3.63) is 47.3 Å². The van der Waals surface area contributed by atoms with Crippen LogP contribution < -0.4 is 5.32 Å². The van der Waals surface area contributed by atoms with Gasteiger partial charge in [-0.05, 0) is 37.3 Å². The molecule has 1 heterocycles. The SMILES string of the molecule is CSc1ccccc1C(=O)NCCn1nc(C(F)(F)F)cc1C1CC1. The van der Waals surface area contributed by atoms with Crippen molar-refractivity contribution in [1.82, 2.24) is 15.1 Å². The van der Waals surface area contributed by atoms with Crippen molar-refractivity contribution in [1.29, 1.82) is 0 Å². The summed E-state index contributed by atoms with van der Waals surface area (Å²) >= 11 is 1.47. The van der Waals surface area contributed by atoms with Crippen LogP contribution in [0.2, 0.25) is 0 Å². The molecule has 1 aliphatic carbocycles. The molecular weight excluding hydrogens is 351 g/mol. The standard InChI is InChI=1S/C17H18F3N3OS/c1-25-14-5-3-2-4-12(14)16(24)21-8-9-23-13(11-6-7-11)10-15(22-23)17(18,19)20/h2-5,10-11H,6-9H2,1H3,(H,21,24). The van der Waals surface area contributed by atoms with Gasteiger partial charge in [-0.25, -0.2) is 0 Å². The van der Waals surface area contributed by atoms with Gasteiger partial charge in [0.1, 0.15) is 0 Å². The summed E-state index contributed by atoms with van der Waals surface area (Å²) in [4.78, 5) is 13.1. The maximum absolute atomic E-state index is 12.9. The quantitative estimate of drug-likeness (QED) is 0.785. The molecule has 0 atom stereocenters. The zero-order valence-electron chi connectivity index (χ0n) is 13.6. The first-order chi connectivity index (χ1) is 11.9. The highest BCUT2D eigenvalue weighted by atomic mass is 32.2. The molecule has 0 saturated heterocycles. The Labute approximate surface area is 147 Å². The first kappa shape index (κ1) is 17.8. The fourth-order valence-corrected chi connectivity index (χ4v) is 3.25. The topological polar surface area (TPSA) is 46.9 Å². The molecule has 25 heavy (non-hydrogen) atoms.